The standard InChI is InChI=1S/C9H17NO5/c1-2-7(12)10-3-5-8(13)9(14)6(4-11)15-5/h5-6,8-9,11,13-14H,2-4H2,1H3,(H,10,12)/t5-,6-,8-,9-/m1/s1. The van der Waals surface area contributed by atoms with Crippen LogP contribution < -0.4 is 5.32 Å². The summed E-state index contributed by atoms with van der Waals surface area (Å²) in [7, 11) is 0. The van der Waals surface area contributed by atoms with Crippen LogP contribution in [0.15, 0.2) is 0 Å². The molecule has 0 aromatic carbocycles. The van der Waals surface area contributed by atoms with E-state index >= 15 is 0 Å². The summed E-state index contributed by atoms with van der Waals surface area (Å²) in [5.74, 6) is -0.146. The Balaban J connectivity index is 2.40. The van der Waals surface area contributed by atoms with E-state index in [2.05, 4.69) is 5.32 Å². The second-order valence-corrected chi connectivity index (χ2v) is 3.53. The maximum Gasteiger partial charge on any atom is 0.219 e. The number of hydrogen-bond acceptors (Lipinski definition) is 5. The molecule has 0 bridgehead atoms. The lowest BCUT2D eigenvalue weighted by molar-refractivity contribution is -0.121. The van der Waals surface area contributed by atoms with Crippen molar-refractivity contribution in [3.63, 3.8) is 0 Å². The van der Waals surface area contributed by atoms with Gasteiger partial charge in [0.2, 0.25) is 5.91 Å². The van der Waals surface area contributed by atoms with E-state index in [0.29, 0.717) is 6.42 Å². The highest BCUT2D eigenvalue weighted by Crippen LogP contribution is 2.20. The Morgan fingerprint density at radius 3 is 2.40 bits per heavy atom. The molecule has 1 fully saturated rings. The van der Waals surface area contributed by atoms with Gasteiger partial charge in [-0.1, -0.05) is 6.92 Å². The zero-order valence-corrected chi connectivity index (χ0v) is 8.59. The molecular weight excluding hydrogens is 202 g/mol. The average molecular weight is 219 g/mol. The molecule has 0 saturated carbocycles. The SMILES string of the molecule is CCC(=O)NC[C@H]1O[C@H](CO)[C@@H](O)[C@@H]1O. The molecule has 4 N–H and O–H groups in total. The van der Waals surface area contributed by atoms with Gasteiger partial charge in [0.1, 0.15) is 24.4 Å². The number of aliphatic hydroxyl groups is 3. The number of rotatable bonds is 4. The van der Waals surface area contributed by atoms with Gasteiger partial charge in [0.15, 0.2) is 0 Å². The Bertz CT molecular complexity index is 223. The van der Waals surface area contributed by atoms with E-state index < -0.39 is 24.4 Å². The van der Waals surface area contributed by atoms with Crippen LogP contribution in [0.1, 0.15) is 13.3 Å². The molecule has 1 rings (SSSR count). The van der Waals surface area contributed by atoms with Gasteiger partial charge in [-0.2, -0.15) is 0 Å². The van der Waals surface area contributed by atoms with Crippen molar-refractivity contribution < 1.29 is 24.9 Å². The van der Waals surface area contributed by atoms with Gasteiger partial charge >= 0.3 is 0 Å². The molecule has 4 atom stereocenters. The molecule has 0 aliphatic carbocycles. The maximum atomic E-state index is 10.9. The molecular formula is C9H17NO5. The zero-order chi connectivity index (χ0) is 11.4. The molecule has 1 aliphatic rings. The number of carbonyl (C=O) groups is 1. The van der Waals surface area contributed by atoms with E-state index in [9.17, 15) is 15.0 Å². The first-order valence-corrected chi connectivity index (χ1v) is 4.99. The number of aliphatic hydroxyl groups excluding tert-OH is 3. The number of ether oxygens (including phenoxy) is 1. The van der Waals surface area contributed by atoms with Gasteiger partial charge in [-0.15, -0.1) is 0 Å². The lowest BCUT2D eigenvalue weighted by Gasteiger charge is -2.14. The van der Waals surface area contributed by atoms with Crippen molar-refractivity contribution in [3.8, 4) is 0 Å². The molecule has 1 aliphatic heterocycles. The van der Waals surface area contributed by atoms with Crippen LogP contribution in [0.5, 0.6) is 0 Å². The molecule has 15 heavy (non-hydrogen) atoms. The van der Waals surface area contributed by atoms with E-state index in [1.54, 1.807) is 6.92 Å². The minimum atomic E-state index is -1.10. The van der Waals surface area contributed by atoms with Crippen LogP contribution >= 0.6 is 0 Å². The second-order valence-electron chi connectivity index (χ2n) is 3.53. The molecule has 0 spiro atoms. The van der Waals surface area contributed by atoms with Crippen LogP contribution in [-0.2, 0) is 9.53 Å². The van der Waals surface area contributed by atoms with Crippen LogP contribution in [0.25, 0.3) is 0 Å². The Labute approximate surface area is 87.9 Å². The summed E-state index contributed by atoms with van der Waals surface area (Å²) in [6.45, 7) is 1.50. The molecule has 1 heterocycles. The van der Waals surface area contributed by atoms with E-state index in [4.69, 9.17) is 9.84 Å². The first-order chi connectivity index (χ1) is 7.10. The predicted molar refractivity (Wildman–Crippen MR) is 51.1 cm³/mol. The van der Waals surface area contributed by atoms with Crippen molar-refractivity contribution in [2.75, 3.05) is 13.2 Å². The molecule has 6 heteroatoms. The first kappa shape index (κ1) is 12.4. The van der Waals surface area contributed by atoms with Crippen molar-refractivity contribution >= 4 is 5.91 Å². The Morgan fingerprint density at radius 2 is 1.93 bits per heavy atom. The van der Waals surface area contributed by atoms with Crippen LogP contribution in [0.3, 0.4) is 0 Å². The molecule has 6 nitrogen and oxygen atoms in total. The van der Waals surface area contributed by atoms with Crippen molar-refractivity contribution in [2.45, 2.75) is 37.8 Å². The predicted octanol–water partition coefficient (Wildman–Crippen LogP) is -2.01. The van der Waals surface area contributed by atoms with Gasteiger partial charge < -0.3 is 25.4 Å². The Kier molecular flexibility index (Phi) is 4.46. The normalized spacial score (nSPS) is 35.5. The zero-order valence-electron chi connectivity index (χ0n) is 8.59. The summed E-state index contributed by atoms with van der Waals surface area (Å²) in [4.78, 5) is 10.9. The van der Waals surface area contributed by atoms with Gasteiger partial charge in [0.25, 0.3) is 0 Å². The van der Waals surface area contributed by atoms with Gasteiger partial charge in [-0.3, -0.25) is 4.79 Å². The maximum absolute atomic E-state index is 10.9. The van der Waals surface area contributed by atoms with Crippen molar-refractivity contribution in [2.24, 2.45) is 0 Å². The third-order valence-corrected chi connectivity index (χ3v) is 2.46. The van der Waals surface area contributed by atoms with Crippen LogP contribution in [0, 0.1) is 0 Å². The van der Waals surface area contributed by atoms with Gasteiger partial charge in [-0.25, -0.2) is 0 Å². The van der Waals surface area contributed by atoms with Gasteiger partial charge in [0, 0.05) is 13.0 Å². The average Bonchev–Trinajstić information content (AvgIpc) is 2.52. The molecule has 1 saturated heterocycles. The summed E-state index contributed by atoms with van der Waals surface area (Å²) in [5, 5.41) is 30.3. The number of carbonyl (C=O) groups excluding carboxylic acids is 1. The fraction of sp³-hybridized carbons (Fsp3) is 0.889. The van der Waals surface area contributed by atoms with Crippen LogP contribution in [0.2, 0.25) is 0 Å². The summed E-state index contributed by atoms with van der Waals surface area (Å²) >= 11 is 0. The molecule has 0 aromatic heterocycles. The van der Waals surface area contributed by atoms with Crippen LogP contribution in [0.4, 0.5) is 0 Å². The van der Waals surface area contributed by atoms with Crippen molar-refractivity contribution in [1.82, 2.24) is 5.32 Å². The number of nitrogens with one attached hydrogen (secondary N) is 1. The number of amides is 1. The summed E-state index contributed by atoms with van der Waals surface area (Å²) in [6.07, 6.45) is -3.25. The van der Waals surface area contributed by atoms with E-state index in [1.165, 1.54) is 0 Å². The van der Waals surface area contributed by atoms with E-state index in [1.807, 2.05) is 0 Å². The summed E-state index contributed by atoms with van der Waals surface area (Å²) in [6, 6.07) is 0. The van der Waals surface area contributed by atoms with E-state index in [0.717, 1.165) is 0 Å². The van der Waals surface area contributed by atoms with Crippen molar-refractivity contribution in [3.05, 3.63) is 0 Å². The number of hydrogen-bond donors (Lipinski definition) is 4. The topological polar surface area (TPSA) is 99.0 Å². The first-order valence-electron chi connectivity index (χ1n) is 4.99. The molecule has 88 valence electrons. The van der Waals surface area contributed by atoms with Crippen molar-refractivity contribution in [1.29, 1.82) is 0 Å². The molecule has 0 aromatic rings. The largest absolute Gasteiger partial charge is 0.394 e. The van der Waals surface area contributed by atoms with Gasteiger partial charge in [0.05, 0.1) is 6.61 Å². The smallest absolute Gasteiger partial charge is 0.219 e. The monoisotopic (exact) mass is 219 g/mol. The fourth-order valence-electron chi connectivity index (χ4n) is 1.48. The fourth-order valence-corrected chi connectivity index (χ4v) is 1.48. The highest BCUT2D eigenvalue weighted by atomic mass is 16.6. The van der Waals surface area contributed by atoms with E-state index in [-0.39, 0.29) is 19.1 Å². The lowest BCUT2D eigenvalue weighted by atomic mass is 10.1. The highest BCUT2D eigenvalue weighted by molar-refractivity contribution is 5.75. The summed E-state index contributed by atoms with van der Waals surface area (Å²) < 4.78 is 5.17. The Morgan fingerprint density at radius 1 is 1.33 bits per heavy atom. The van der Waals surface area contributed by atoms with Crippen LogP contribution in [-0.4, -0.2) is 58.8 Å². The molecule has 0 radical (unpaired) electrons. The third kappa shape index (κ3) is 2.88. The lowest BCUT2D eigenvalue weighted by Crippen LogP contribution is -2.39. The van der Waals surface area contributed by atoms with Gasteiger partial charge in [-0.05, 0) is 0 Å². The minimum Gasteiger partial charge on any atom is -0.394 e. The molecule has 0 unspecified atom stereocenters. The highest BCUT2D eigenvalue weighted by Gasteiger charge is 2.42. The molecule has 1 amide bonds. The Hall–Kier alpha value is -0.690. The third-order valence-electron chi connectivity index (χ3n) is 2.46. The quantitative estimate of drug-likeness (QED) is 0.438. The second kappa shape index (κ2) is 5.41. The minimum absolute atomic E-state index is 0.140. The summed E-state index contributed by atoms with van der Waals surface area (Å²) in [5.41, 5.74) is 0.